The van der Waals surface area contributed by atoms with Crippen molar-refractivity contribution in [3.05, 3.63) is 17.3 Å². The lowest BCUT2D eigenvalue weighted by molar-refractivity contribution is 0.216. The molecule has 5 nitrogen and oxygen atoms in total. The molecule has 96 valence electrons. The standard InChI is InChI=1S/C12H16ClN5/c1-17-4-2-3-9(7-17)18-11-10(16-12(18)14)5-8(13)6-15-11/h5-6,9H,2-4,7H2,1H3,(H2,14,16). The first-order valence-corrected chi connectivity index (χ1v) is 6.50. The van der Waals surface area contributed by atoms with Crippen molar-refractivity contribution in [2.75, 3.05) is 25.9 Å². The molecule has 0 amide bonds. The molecule has 3 rings (SSSR count). The van der Waals surface area contributed by atoms with Gasteiger partial charge >= 0.3 is 0 Å². The normalized spacial score (nSPS) is 21.6. The predicted octanol–water partition coefficient (Wildman–Crippen LogP) is 1.93. The Morgan fingerprint density at radius 3 is 3.11 bits per heavy atom. The molecule has 1 aliphatic heterocycles. The van der Waals surface area contributed by atoms with Crippen molar-refractivity contribution in [2.45, 2.75) is 18.9 Å². The average molecular weight is 266 g/mol. The van der Waals surface area contributed by atoms with Gasteiger partial charge in [0.1, 0.15) is 5.52 Å². The van der Waals surface area contributed by atoms with E-state index in [1.165, 1.54) is 6.42 Å². The summed E-state index contributed by atoms with van der Waals surface area (Å²) in [5.41, 5.74) is 7.63. The second kappa shape index (κ2) is 4.40. The van der Waals surface area contributed by atoms with Gasteiger partial charge in [0.25, 0.3) is 0 Å². The molecule has 1 aliphatic rings. The van der Waals surface area contributed by atoms with Gasteiger partial charge in [-0.25, -0.2) is 9.97 Å². The quantitative estimate of drug-likeness (QED) is 0.856. The third-order valence-electron chi connectivity index (χ3n) is 3.49. The Hall–Kier alpha value is -1.33. The van der Waals surface area contributed by atoms with Crippen LogP contribution in [0.1, 0.15) is 18.9 Å². The highest BCUT2D eigenvalue weighted by Gasteiger charge is 2.23. The van der Waals surface area contributed by atoms with E-state index in [9.17, 15) is 0 Å². The molecule has 0 radical (unpaired) electrons. The summed E-state index contributed by atoms with van der Waals surface area (Å²) in [7, 11) is 2.13. The Labute approximate surface area is 111 Å². The third-order valence-corrected chi connectivity index (χ3v) is 3.70. The molecule has 1 unspecified atom stereocenters. The summed E-state index contributed by atoms with van der Waals surface area (Å²) in [6.45, 7) is 2.13. The minimum atomic E-state index is 0.349. The number of halogens is 1. The molecule has 6 heteroatoms. The topological polar surface area (TPSA) is 60.0 Å². The number of pyridine rings is 1. The number of nitrogen functional groups attached to an aromatic ring is 1. The van der Waals surface area contributed by atoms with E-state index in [0.29, 0.717) is 17.0 Å². The molecule has 0 saturated carbocycles. The van der Waals surface area contributed by atoms with Gasteiger partial charge in [-0.15, -0.1) is 0 Å². The van der Waals surface area contributed by atoms with Crippen molar-refractivity contribution < 1.29 is 0 Å². The van der Waals surface area contributed by atoms with Crippen LogP contribution in [0.4, 0.5) is 5.95 Å². The number of hydrogen-bond acceptors (Lipinski definition) is 4. The SMILES string of the molecule is CN1CCCC(n2c(N)nc3cc(Cl)cnc32)C1. The van der Waals surface area contributed by atoms with Crippen LogP contribution < -0.4 is 5.73 Å². The van der Waals surface area contributed by atoms with Crippen molar-refractivity contribution in [1.82, 2.24) is 19.4 Å². The Bertz CT molecular complexity index is 579. The van der Waals surface area contributed by atoms with E-state index < -0.39 is 0 Å². The minimum absolute atomic E-state index is 0.349. The van der Waals surface area contributed by atoms with Crippen molar-refractivity contribution in [3.8, 4) is 0 Å². The molecule has 1 saturated heterocycles. The molecule has 0 spiro atoms. The average Bonchev–Trinajstić information content (AvgIpc) is 2.64. The molecule has 0 aromatic carbocycles. The van der Waals surface area contributed by atoms with Gasteiger partial charge in [0, 0.05) is 12.7 Å². The summed E-state index contributed by atoms with van der Waals surface area (Å²) in [4.78, 5) is 11.0. The number of aromatic nitrogens is 3. The molecule has 0 bridgehead atoms. The lowest BCUT2D eigenvalue weighted by Crippen LogP contribution is -2.34. The number of fused-ring (bicyclic) bond motifs is 1. The van der Waals surface area contributed by atoms with Crippen LogP contribution in [0.5, 0.6) is 0 Å². The summed E-state index contributed by atoms with van der Waals surface area (Å²) in [6, 6.07) is 2.16. The molecular formula is C12H16ClN5. The fraction of sp³-hybridized carbons (Fsp3) is 0.500. The molecular weight excluding hydrogens is 250 g/mol. The Balaban J connectivity index is 2.07. The van der Waals surface area contributed by atoms with E-state index in [-0.39, 0.29) is 0 Å². The largest absolute Gasteiger partial charge is 0.369 e. The third kappa shape index (κ3) is 1.93. The summed E-state index contributed by atoms with van der Waals surface area (Å²) >= 11 is 5.93. The van der Waals surface area contributed by atoms with Gasteiger partial charge < -0.3 is 10.6 Å². The van der Waals surface area contributed by atoms with Crippen LogP contribution in [0.15, 0.2) is 12.3 Å². The van der Waals surface area contributed by atoms with E-state index in [2.05, 4.69) is 21.9 Å². The highest BCUT2D eigenvalue weighted by atomic mass is 35.5. The van der Waals surface area contributed by atoms with Crippen LogP contribution >= 0.6 is 11.6 Å². The van der Waals surface area contributed by atoms with E-state index in [1.807, 2.05) is 10.6 Å². The van der Waals surface area contributed by atoms with Crippen molar-refractivity contribution in [3.63, 3.8) is 0 Å². The second-order valence-electron chi connectivity index (χ2n) is 4.89. The Kier molecular flexibility index (Phi) is 2.87. The Morgan fingerprint density at radius 1 is 1.50 bits per heavy atom. The van der Waals surface area contributed by atoms with E-state index in [1.54, 1.807) is 6.20 Å². The molecule has 2 N–H and O–H groups in total. The van der Waals surface area contributed by atoms with Crippen LogP contribution in [0.3, 0.4) is 0 Å². The maximum absolute atomic E-state index is 6.03. The number of rotatable bonds is 1. The Morgan fingerprint density at radius 2 is 2.33 bits per heavy atom. The lowest BCUT2D eigenvalue weighted by atomic mass is 10.1. The minimum Gasteiger partial charge on any atom is -0.369 e. The zero-order valence-electron chi connectivity index (χ0n) is 10.3. The van der Waals surface area contributed by atoms with Crippen LogP contribution in [-0.4, -0.2) is 39.6 Å². The predicted molar refractivity (Wildman–Crippen MR) is 72.7 cm³/mol. The fourth-order valence-corrected chi connectivity index (χ4v) is 2.84. The summed E-state index contributed by atoms with van der Waals surface area (Å²) in [5.74, 6) is 0.528. The van der Waals surface area contributed by atoms with Crippen LogP contribution in [0.2, 0.25) is 5.02 Å². The number of likely N-dealkylation sites (N-methyl/N-ethyl adjacent to an activating group) is 1. The second-order valence-corrected chi connectivity index (χ2v) is 5.33. The van der Waals surface area contributed by atoms with Gasteiger partial charge in [-0.05, 0) is 32.5 Å². The van der Waals surface area contributed by atoms with Crippen LogP contribution in [0, 0.1) is 0 Å². The molecule has 3 heterocycles. The van der Waals surface area contributed by atoms with Gasteiger partial charge in [0.05, 0.1) is 11.1 Å². The molecule has 2 aromatic rings. The lowest BCUT2D eigenvalue weighted by Gasteiger charge is -2.31. The zero-order valence-corrected chi connectivity index (χ0v) is 11.1. The monoisotopic (exact) mass is 265 g/mol. The first kappa shape index (κ1) is 11.7. The zero-order chi connectivity index (χ0) is 12.7. The number of likely N-dealkylation sites (tertiary alicyclic amines) is 1. The van der Waals surface area contributed by atoms with Gasteiger partial charge in [-0.3, -0.25) is 4.57 Å². The van der Waals surface area contributed by atoms with Crippen molar-refractivity contribution in [2.24, 2.45) is 0 Å². The maximum Gasteiger partial charge on any atom is 0.202 e. The molecule has 0 aliphatic carbocycles. The van der Waals surface area contributed by atoms with E-state index in [0.717, 1.165) is 30.7 Å². The van der Waals surface area contributed by atoms with Gasteiger partial charge in [0.2, 0.25) is 5.95 Å². The maximum atomic E-state index is 6.03. The van der Waals surface area contributed by atoms with Gasteiger partial charge in [-0.2, -0.15) is 0 Å². The molecule has 18 heavy (non-hydrogen) atoms. The summed E-state index contributed by atoms with van der Waals surface area (Å²) in [6.07, 6.45) is 3.94. The number of nitrogens with zero attached hydrogens (tertiary/aromatic N) is 4. The molecule has 1 atom stereocenters. The highest BCUT2D eigenvalue weighted by molar-refractivity contribution is 6.31. The molecule has 2 aromatic heterocycles. The molecule has 1 fully saturated rings. The van der Waals surface area contributed by atoms with E-state index in [4.69, 9.17) is 17.3 Å². The van der Waals surface area contributed by atoms with Gasteiger partial charge in [-0.1, -0.05) is 11.6 Å². The number of imidazole rings is 1. The first-order valence-electron chi connectivity index (χ1n) is 6.12. The van der Waals surface area contributed by atoms with Crippen molar-refractivity contribution >= 4 is 28.7 Å². The highest BCUT2D eigenvalue weighted by Crippen LogP contribution is 2.28. The van der Waals surface area contributed by atoms with Crippen LogP contribution in [-0.2, 0) is 0 Å². The van der Waals surface area contributed by atoms with Crippen molar-refractivity contribution in [1.29, 1.82) is 0 Å². The van der Waals surface area contributed by atoms with E-state index >= 15 is 0 Å². The number of nitrogens with two attached hydrogens (primary N) is 1. The van der Waals surface area contributed by atoms with Crippen LogP contribution in [0.25, 0.3) is 11.2 Å². The summed E-state index contributed by atoms with van der Waals surface area (Å²) < 4.78 is 2.04. The number of anilines is 1. The van der Waals surface area contributed by atoms with Gasteiger partial charge in [0.15, 0.2) is 5.65 Å². The first-order chi connectivity index (χ1) is 8.65. The number of hydrogen-bond donors (Lipinski definition) is 1. The summed E-state index contributed by atoms with van der Waals surface area (Å²) in [5, 5.41) is 0.591. The fourth-order valence-electron chi connectivity index (χ4n) is 2.68. The number of piperidine rings is 1. The smallest absolute Gasteiger partial charge is 0.202 e.